The molecule has 6 nitrogen and oxygen atoms in total. The molecule has 0 aliphatic rings. The van der Waals surface area contributed by atoms with Crippen molar-refractivity contribution in [1.82, 2.24) is 20.2 Å². The van der Waals surface area contributed by atoms with Crippen LogP contribution in [-0.4, -0.2) is 26.2 Å². The molecule has 1 heterocycles. The van der Waals surface area contributed by atoms with Gasteiger partial charge in [-0.1, -0.05) is 28.9 Å². The zero-order valence-electron chi connectivity index (χ0n) is 10.4. The second-order valence-electron chi connectivity index (χ2n) is 3.90. The number of ether oxygens (including phenoxy) is 1. The molecule has 0 saturated carbocycles. The van der Waals surface area contributed by atoms with Gasteiger partial charge in [-0.2, -0.15) is 0 Å². The van der Waals surface area contributed by atoms with Crippen LogP contribution in [0, 0.1) is 0 Å². The van der Waals surface area contributed by atoms with Gasteiger partial charge in [-0.05, 0) is 35.0 Å². The van der Waals surface area contributed by atoms with Crippen molar-refractivity contribution in [1.29, 1.82) is 0 Å². The van der Waals surface area contributed by atoms with E-state index in [1.54, 1.807) is 22.9 Å². The van der Waals surface area contributed by atoms with Crippen LogP contribution in [0.5, 0.6) is 0 Å². The lowest BCUT2D eigenvalue weighted by atomic mass is 10.2. The van der Waals surface area contributed by atoms with Crippen LogP contribution in [0.3, 0.4) is 0 Å². The number of aromatic nitrogens is 4. The molecule has 0 aliphatic heterocycles. The Bertz CT molecular complexity index is 570. The van der Waals surface area contributed by atoms with Gasteiger partial charge in [0.25, 0.3) is 0 Å². The number of hydrogen-bond acceptors (Lipinski definition) is 5. The molecule has 0 atom stereocenters. The number of aryl methyl sites for hydroxylation is 1. The maximum Gasteiger partial charge on any atom is 0.338 e. The Morgan fingerprint density at radius 1 is 1.47 bits per heavy atom. The molecule has 2 rings (SSSR count). The highest BCUT2D eigenvalue weighted by Gasteiger charge is 2.11. The van der Waals surface area contributed by atoms with Crippen LogP contribution in [0.25, 0.3) is 0 Å². The average Bonchev–Trinajstić information content (AvgIpc) is 2.84. The maximum atomic E-state index is 11.8. The molecule has 0 unspecified atom stereocenters. The van der Waals surface area contributed by atoms with E-state index in [0.29, 0.717) is 17.9 Å². The molecule has 0 aliphatic carbocycles. The van der Waals surface area contributed by atoms with Crippen molar-refractivity contribution in [2.45, 2.75) is 26.5 Å². The summed E-state index contributed by atoms with van der Waals surface area (Å²) in [5.74, 6) is 0.151. The van der Waals surface area contributed by atoms with Gasteiger partial charge < -0.3 is 4.74 Å². The lowest BCUT2D eigenvalue weighted by molar-refractivity contribution is 0.0456. The molecule has 0 spiro atoms. The predicted molar refractivity (Wildman–Crippen MR) is 71.4 cm³/mol. The fourth-order valence-corrected chi connectivity index (χ4v) is 1.94. The number of tetrazole rings is 1. The van der Waals surface area contributed by atoms with E-state index in [9.17, 15) is 4.79 Å². The zero-order valence-corrected chi connectivity index (χ0v) is 12.0. The molecule has 2 aromatic rings. The third-order valence-corrected chi connectivity index (χ3v) is 2.93. The summed E-state index contributed by atoms with van der Waals surface area (Å²) < 4.78 is 7.66. The lowest BCUT2D eigenvalue weighted by Crippen LogP contribution is -2.11. The van der Waals surface area contributed by atoms with E-state index < -0.39 is 5.97 Å². The number of carbonyl (C=O) groups is 1. The summed E-state index contributed by atoms with van der Waals surface area (Å²) in [7, 11) is 0. The monoisotopic (exact) mass is 324 g/mol. The fraction of sp³-hybridized carbons (Fsp3) is 0.333. The smallest absolute Gasteiger partial charge is 0.338 e. The minimum absolute atomic E-state index is 0.0678. The normalized spacial score (nSPS) is 10.4. The largest absolute Gasteiger partial charge is 0.454 e. The molecule has 0 N–H and O–H groups in total. The number of carbonyl (C=O) groups excluding carboxylic acids is 1. The van der Waals surface area contributed by atoms with Crippen LogP contribution in [0.2, 0.25) is 0 Å². The van der Waals surface area contributed by atoms with Gasteiger partial charge in [0.15, 0.2) is 12.4 Å². The third-order valence-electron chi connectivity index (χ3n) is 2.43. The molecule has 7 heteroatoms. The van der Waals surface area contributed by atoms with Crippen molar-refractivity contribution in [3.05, 3.63) is 40.1 Å². The summed E-state index contributed by atoms with van der Waals surface area (Å²) in [4.78, 5) is 11.8. The summed E-state index contributed by atoms with van der Waals surface area (Å²) in [6, 6.07) is 7.03. The first-order valence-corrected chi connectivity index (χ1v) is 6.67. The topological polar surface area (TPSA) is 69.9 Å². The standard InChI is InChI=1S/C12H13BrN4O2/c1-2-6-17-11(14-15-16-17)8-19-12(18)9-4-3-5-10(13)7-9/h3-5,7H,2,6,8H2,1H3. The van der Waals surface area contributed by atoms with Crippen molar-refractivity contribution < 1.29 is 9.53 Å². The summed E-state index contributed by atoms with van der Waals surface area (Å²) in [5, 5.41) is 11.2. The van der Waals surface area contributed by atoms with Crippen LogP contribution >= 0.6 is 15.9 Å². The van der Waals surface area contributed by atoms with Crippen molar-refractivity contribution >= 4 is 21.9 Å². The van der Waals surface area contributed by atoms with E-state index in [1.165, 1.54) is 0 Å². The first-order valence-electron chi connectivity index (χ1n) is 5.88. The molecule has 0 amide bonds. The van der Waals surface area contributed by atoms with Gasteiger partial charge in [-0.25, -0.2) is 9.48 Å². The number of nitrogens with zero attached hydrogens (tertiary/aromatic N) is 4. The van der Waals surface area contributed by atoms with Crippen molar-refractivity contribution in [2.24, 2.45) is 0 Å². The molecule has 1 aromatic heterocycles. The van der Waals surface area contributed by atoms with Crippen LogP contribution in [0.1, 0.15) is 29.5 Å². The molecule has 100 valence electrons. The van der Waals surface area contributed by atoms with E-state index in [-0.39, 0.29) is 6.61 Å². The van der Waals surface area contributed by atoms with Crippen LogP contribution in [0.15, 0.2) is 28.7 Å². The van der Waals surface area contributed by atoms with Gasteiger partial charge in [-0.15, -0.1) is 5.10 Å². The van der Waals surface area contributed by atoms with Gasteiger partial charge in [-0.3, -0.25) is 0 Å². The highest BCUT2D eigenvalue weighted by Crippen LogP contribution is 2.13. The number of halogens is 1. The molecule has 1 aromatic carbocycles. The van der Waals surface area contributed by atoms with E-state index >= 15 is 0 Å². The Labute approximate surface area is 118 Å². The Morgan fingerprint density at radius 2 is 2.32 bits per heavy atom. The van der Waals surface area contributed by atoms with Crippen molar-refractivity contribution in [3.8, 4) is 0 Å². The number of benzene rings is 1. The molecular formula is C12H13BrN4O2. The van der Waals surface area contributed by atoms with E-state index in [1.807, 2.05) is 13.0 Å². The molecular weight excluding hydrogens is 312 g/mol. The Kier molecular flexibility index (Phi) is 4.62. The number of hydrogen-bond donors (Lipinski definition) is 0. The van der Waals surface area contributed by atoms with E-state index in [0.717, 1.165) is 10.9 Å². The van der Waals surface area contributed by atoms with Gasteiger partial charge in [0, 0.05) is 11.0 Å². The van der Waals surface area contributed by atoms with Gasteiger partial charge in [0.05, 0.1) is 5.56 Å². The van der Waals surface area contributed by atoms with Crippen molar-refractivity contribution in [3.63, 3.8) is 0 Å². The minimum Gasteiger partial charge on any atom is -0.454 e. The van der Waals surface area contributed by atoms with E-state index in [2.05, 4.69) is 31.5 Å². The molecule has 0 radical (unpaired) electrons. The minimum atomic E-state index is -0.396. The van der Waals surface area contributed by atoms with Crippen LogP contribution in [0.4, 0.5) is 0 Å². The second-order valence-corrected chi connectivity index (χ2v) is 4.82. The van der Waals surface area contributed by atoms with Crippen molar-refractivity contribution in [2.75, 3.05) is 0 Å². The highest BCUT2D eigenvalue weighted by atomic mass is 79.9. The summed E-state index contributed by atoms with van der Waals surface area (Å²) in [6.07, 6.45) is 0.914. The number of esters is 1. The highest BCUT2D eigenvalue weighted by molar-refractivity contribution is 9.10. The third kappa shape index (κ3) is 3.60. The summed E-state index contributed by atoms with van der Waals surface area (Å²) in [5.41, 5.74) is 0.490. The van der Waals surface area contributed by atoms with Gasteiger partial charge >= 0.3 is 5.97 Å². The van der Waals surface area contributed by atoms with E-state index in [4.69, 9.17) is 4.74 Å². The van der Waals surface area contributed by atoms with Gasteiger partial charge in [0.2, 0.25) is 0 Å². The molecule has 19 heavy (non-hydrogen) atoms. The SMILES string of the molecule is CCCn1nnnc1COC(=O)c1cccc(Br)c1. The maximum absolute atomic E-state index is 11.8. The molecule has 0 fully saturated rings. The average molecular weight is 325 g/mol. The van der Waals surface area contributed by atoms with Gasteiger partial charge in [0.1, 0.15) is 0 Å². The first kappa shape index (κ1) is 13.7. The fourth-order valence-electron chi connectivity index (χ4n) is 1.54. The first-order chi connectivity index (χ1) is 9.20. The molecule has 0 saturated heterocycles. The quantitative estimate of drug-likeness (QED) is 0.788. The van der Waals surface area contributed by atoms with Crippen LogP contribution in [-0.2, 0) is 17.9 Å². The lowest BCUT2D eigenvalue weighted by Gasteiger charge is -2.05. The number of rotatable bonds is 5. The second kappa shape index (κ2) is 6.42. The summed E-state index contributed by atoms with van der Waals surface area (Å²) in [6.45, 7) is 2.80. The van der Waals surface area contributed by atoms with Crippen LogP contribution < -0.4 is 0 Å². The zero-order chi connectivity index (χ0) is 13.7. The Hall–Kier alpha value is -1.76. The molecule has 0 bridgehead atoms. The predicted octanol–water partition coefficient (Wildman–Crippen LogP) is 2.20. The Morgan fingerprint density at radius 3 is 3.05 bits per heavy atom. The Balaban J connectivity index is 1.98. The summed E-state index contributed by atoms with van der Waals surface area (Å²) >= 11 is 3.31.